The van der Waals surface area contributed by atoms with Crippen LogP contribution in [0.15, 0.2) is 43.0 Å². The molecule has 2 rings (SSSR count). The Balaban J connectivity index is 1.98. The zero-order chi connectivity index (χ0) is 11.2. The summed E-state index contributed by atoms with van der Waals surface area (Å²) < 4.78 is 0. The average molecular weight is 214 g/mol. The summed E-state index contributed by atoms with van der Waals surface area (Å²) in [4.78, 5) is 0. The average Bonchev–Trinajstić information content (AvgIpc) is 2.33. The molecule has 0 heterocycles. The van der Waals surface area contributed by atoms with Gasteiger partial charge in [0.1, 0.15) is 0 Å². The molecular formula is C16H22. The highest BCUT2D eigenvalue weighted by Gasteiger charge is 2.23. The Labute approximate surface area is 99.4 Å². The summed E-state index contributed by atoms with van der Waals surface area (Å²) in [5.41, 5.74) is 1.50. The van der Waals surface area contributed by atoms with Gasteiger partial charge in [-0.2, -0.15) is 0 Å². The Morgan fingerprint density at radius 1 is 1.06 bits per heavy atom. The molecule has 2 atom stereocenters. The van der Waals surface area contributed by atoms with E-state index < -0.39 is 0 Å². The predicted octanol–water partition coefficient (Wildman–Crippen LogP) is 4.61. The van der Waals surface area contributed by atoms with Crippen LogP contribution < -0.4 is 0 Å². The van der Waals surface area contributed by atoms with Crippen LogP contribution in [0.4, 0.5) is 0 Å². The smallest absolute Gasteiger partial charge is 0.0248 e. The van der Waals surface area contributed by atoms with E-state index in [2.05, 4.69) is 43.0 Å². The van der Waals surface area contributed by atoms with Gasteiger partial charge in [-0.15, -0.1) is 6.58 Å². The van der Waals surface area contributed by atoms with E-state index in [4.69, 9.17) is 0 Å². The van der Waals surface area contributed by atoms with E-state index in [9.17, 15) is 0 Å². The van der Waals surface area contributed by atoms with Gasteiger partial charge in [-0.1, -0.05) is 49.2 Å². The molecule has 1 saturated carbocycles. The number of hydrogen-bond donors (Lipinski definition) is 0. The molecule has 0 radical (unpaired) electrons. The molecule has 0 heteroatoms. The van der Waals surface area contributed by atoms with Crippen LogP contribution >= 0.6 is 0 Å². The molecule has 1 aliphatic rings. The molecule has 0 nitrogen and oxygen atoms in total. The first kappa shape index (κ1) is 11.4. The maximum absolute atomic E-state index is 3.90. The molecule has 0 N–H and O–H groups in total. The van der Waals surface area contributed by atoms with Crippen LogP contribution in [0.5, 0.6) is 0 Å². The van der Waals surface area contributed by atoms with Crippen molar-refractivity contribution < 1.29 is 0 Å². The summed E-state index contributed by atoms with van der Waals surface area (Å²) in [6.07, 6.45) is 10.2. The summed E-state index contributed by atoms with van der Waals surface area (Å²) in [5.74, 6) is 1.76. The molecule has 2 unspecified atom stereocenters. The normalized spacial score (nSPS) is 25.2. The van der Waals surface area contributed by atoms with Crippen LogP contribution in [0.3, 0.4) is 0 Å². The van der Waals surface area contributed by atoms with Crippen molar-refractivity contribution in [2.45, 2.75) is 38.5 Å². The van der Waals surface area contributed by atoms with Crippen LogP contribution in [0.1, 0.15) is 37.7 Å². The first-order valence-corrected chi connectivity index (χ1v) is 6.55. The third-order valence-electron chi connectivity index (χ3n) is 3.88. The van der Waals surface area contributed by atoms with Gasteiger partial charge in [0.05, 0.1) is 0 Å². The minimum Gasteiger partial charge on any atom is -0.103 e. The molecular weight excluding hydrogens is 192 g/mol. The van der Waals surface area contributed by atoms with Crippen molar-refractivity contribution in [1.82, 2.24) is 0 Å². The lowest BCUT2D eigenvalue weighted by molar-refractivity contribution is 0.237. The molecule has 1 fully saturated rings. The van der Waals surface area contributed by atoms with Gasteiger partial charge in [0.2, 0.25) is 0 Å². The van der Waals surface area contributed by atoms with Crippen molar-refractivity contribution >= 4 is 0 Å². The molecule has 0 bridgehead atoms. The SMILES string of the molecule is C=CCC1CCCCC1Cc1ccccc1. The Hall–Kier alpha value is -1.04. The summed E-state index contributed by atoms with van der Waals surface area (Å²) in [7, 11) is 0. The zero-order valence-corrected chi connectivity index (χ0v) is 10.1. The highest BCUT2D eigenvalue weighted by atomic mass is 14.3. The van der Waals surface area contributed by atoms with Gasteiger partial charge < -0.3 is 0 Å². The van der Waals surface area contributed by atoms with Crippen molar-refractivity contribution in [3.05, 3.63) is 48.6 Å². The molecule has 1 aromatic rings. The first-order chi connectivity index (χ1) is 7.90. The summed E-state index contributed by atoms with van der Waals surface area (Å²) in [5, 5.41) is 0. The van der Waals surface area contributed by atoms with E-state index in [-0.39, 0.29) is 0 Å². The molecule has 16 heavy (non-hydrogen) atoms. The maximum Gasteiger partial charge on any atom is -0.0248 e. The third kappa shape index (κ3) is 2.98. The molecule has 0 aromatic heterocycles. The van der Waals surface area contributed by atoms with Crippen molar-refractivity contribution in [2.75, 3.05) is 0 Å². The second kappa shape index (κ2) is 5.89. The summed E-state index contributed by atoms with van der Waals surface area (Å²) in [6, 6.07) is 10.9. The number of hydrogen-bond acceptors (Lipinski definition) is 0. The minimum absolute atomic E-state index is 0.881. The fourth-order valence-electron chi connectivity index (χ4n) is 2.99. The number of allylic oxidation sites excluding steroid dienone is 1. The highest BCUT2D eigenvalue weighted by Crippen LogP contribution is 2.34. The molecule has 86 valence electrons. The third-order valence-corrected chi connectivity index (χ3v) is 3.88. The Morgan fingerprint density at radius 2 is 1.75 bits per heavy atom. The summed E-state index contributed by atoms with van der Waals surface area (Å²) >= 11 is 0. The Kier molecular flexibility index (Phi) is 4.21. The van der Waals surface area contributed by atoms with Crippen LogP contribution in [0, 0.1) is 11.8 Å². The Bertz CT molecular complexity index is 312. The first-order valence-electron chi connectivity index (χ1n) is 6.55. The van der Waals surface area contributed by atoms with Crippen LogP contribution in [-0.4, -0.2) is 0 Å². The van der Waals surface area contributed by atoms with E-state index in [0.29, 0.717) is 0 Å². The molecule has 0 spiro atoms. The minimum atomic E-state index is 0.881. The van der Waals surface area contributed by atoms with Crippen LogP contribution in [-0.2, 0) is 6.42 Å². The van der Waals surface area contributed by atoms with Crippen molar-refractivity contribution in [2.24, 2.45) is 11.8 Å². The van der Waals surface area contributed by atoms with E-state index >= 15 is 0 Å². The molecule has 0 amide bonds. The van der Waals surface area contributed by atoms with Crippen LogP contribution in [0.2, 0.25) is 0 Å². The van der Waals surface area contributed by atoms with Gasteiger partial charge in [0, 0.05) is 0 Å². The zero-order valence-electron chi connectivity index (χ0n) is 10.1. The summed E-state index contributed by atoms with van der Waals surface area (Å²) in [6.45, 7) is 3.90. The second-order valence-corrected chi connectivity index (χ2v) is 5.02. The topological polar surface area (TPSA) is 0 Å². The van der Waals surface area contributed by atoms with Gasteiger partial charge in [-0.05, 0) is 43.1 Å². The standard InChI is InChI=1S/C16H22/c1-2-8-15-11-6-7-12-16(15)13-14-9-4-3-5-10-14/h2-5,9-10,15-16H,1,6-8,11-13H2. The van der Waals surface area contributed by atoms with Gasteiger partial charge in [0.25, 0.3) is 0 Å². The predicted molar refractivity (Wildman–Crippen MR) is 70.4 cm³/mol. The van der Waals surface area contributed by atoms with E-state index in [0.717, 1.165) is 11.8 Å². The van der Waals surface area contributed by atoms with Gasteiger partial charge in [0.15, 0.2) is 0 Å². The van der Waals surface area contributed by atoms with Crippen molar-refractivity contribution in [3.63, 3.8) is 0 Å². The molecule has 0 aliphatic heterocycles. The van der Waals surface area contributed by atoms with Crippen molar-refractivity contribution in [1.29, 1.82) is 0 Å². The molecule has 0 saturated heterocycles. The van der Waals surface area contributed by atoms with Gasteiger partial charge in [-0.3, -0.25) is 0 Å². The van der Waals surface area contributed by atoms with Crippen LogP contribution in [0.25, 0.3) is 0 Å². The lowest BCUT2D eigenvalue weighted by atomic mass is 9.75. The largest absolute Gasteiger partial charge is 0.103 e. The van der Waals surface area contributed by atoms with Gasteiger partial charge >= 0.3 is 0 Å². The lowest BCUT2D eigenvalue weighted by Gasteiger charge is -2.31. The molecule has 1 aromatic carbocycles. The number of benzene rings is 1. The Morgan fingerprint density at radius 3 is 2.44 bits per heavy atom. The fourth-order valence-corrected chi connectivity index (χ4v) is 2.99. The number of rotatable bonds is 4. The monoisotopic (exact) mass is 214 g/mol. The highest BCUT2D eigenvalue weighted by molar-refractivity contribution is 5.15. The van der Waals surface area contributed by atoms with E-state index in [1.165, 1.54) is 44.1 Å². The van der Waals surface area contributed by atoms with E-state index in [1.807, 2.05) is 0 Å². The lowest BCUT2D eigenvalue weighted by Crippen LogP contribution is -2.21. The van der Waals surface area contributed by atoms with E-state index in [1.54, 1.807) is 0 Å². The van der Waals surface area contributed by atoms with Crippen molar-refractivity contribution in [3.8, 4) is 0 Å². The fraction of sp³-hybridized carbons (Fsp3) is 0.500. The molecule has 1 aliphatic carbocycles. The van der Waals surface area contributed by atoms with Gasteiger partial charge in [-0.25, -0.2) is 0 Å². The quantitative estimate of drug-likeness (QED) is 0.642. The second-order valence-electron chi connectivity index (χ2n) is 5.02. The maximum atomic E-state index is 3.90.